The molecule has 0 fully saturated rings. The maximum Gasteiger partial charge on any atom is 0.227 e. The van der Waals surface area contributed by atoms with Crippen molar-refractivity contribution in [1.82, 2.24) is 4.98 Å². The number of fused-ring (bicyclic) bond motifs is 3. The number of para-hydroxylation sites is 1. The molecule has 0 aliphatic heterocycles. The number of pyridine rings is 2. The third kappa shape index (κ3) is 2.04. The summed E-state index contributed by atoms with van der Waals surface area (Å²) in [6, 6.07) is 12.4. The minimum absolute atomic E-state index is 0.722. The van der Waals surface area contributed by atoms with Crippen LogP contribution in [-0.2, 0) is 7.05 Å². The van der Waals surface area contributed by atoms with Crippen LogP contribution in [0.3, 0.4) is 0 Å². The Bertz CT molecular complexity index is 1060. The Morgan fingerprint density at radius 2 is 1.78 bits per heavy atom. The van der Waals surface area contributed by atoms with Crippen molar-refractivity contribution in [3.8, 4) is 11.3 Å². The second-order valence-electron chi connectivity index (χ2n) is 6.18. The van der Waals surface area contributed by atoms with E-state index < -0.39 is 0 Å². The van der Waals surface area contributed by atoms with Crippen LogP contribution < -0.4 is 4.57 Å². The lowest BCUT2D eigenvalue weighted by Gasteiger charge is -2.09. The highest BCUT2D eigenvalue weighted by atomic mass is 16.3. The fraction of sp³-hybridized carbons (Fsp3) is 0.200. The maximum atomic E-state index is 5.94. The summed E-state index contributed by atoms with van der Waals surface area (Å²) in [4.78, 5) is 4.73. The summed E-state index contributed by atoms with van der Waals surface area (Å²) in [5.41, 5.74) is 7.43. The summed E-state index contributed by atoms with van der Waals surface area (Å²) in [5, 5.41) is 2.24. The van der Waals surface area contributed by atoms with E-state index in [1.54, 1.807) is 0 Å². The average molecular weight is 303 g/mol. The Kier molecular flexibility index (Phi) is 2.98. The van der Waals surface area contributed by atoms with Gasteiger partial charge in [-0.3, -0.25) is 0 Å². The van der Waals surface area contributed by atoms with Crippen molar-refractivity contribution < 1.29 is 8.98 Å². The Morgan fingerprint density at radius 3 is 2.57 bits per heavy atom. The van der Waals surface area contributed by atoms with Crippen molar-refractivity contribution in [2.75, 3.05) is 0 Å². The molecule has 0 aliphatic carbocycles. The topological polar surface area (TPSA) is 29.9 Å². The zero-order valence-electron chi connectivity index (χ0n) is 13.8. The van der Waals surface area contributed by atoms with Gasteiger partial charge in [0.05, 0.1) is 16.6 Å². The molecule has 3 aromatic heterocycles. The molecule has 1 aromatic carbocycles. The van der Waals surface area contributed by atoms with Crippen LogP contribution in [0.15, 0.2) is 47.0 Å². The van der Waals surface area contributed by atoms with Crippen LogP contribution in [0.1, 0.15) is 16.8 Å². The van der Waals surface area contributed by atoms with Crippen LogP contribution in [0.25, 0.3) is 33.3 Å². The first-order chi connectivity index (χ1) is 11.1. The summed E-state index contributed by atoms with van der Waals surface area (Å²) in [7, 11) is 2.08. The molecule has 0 atom stereocenters. The van der Waals surface area contributed by atoms with Crippen molar-refractivity contribution in [1.29, 1.82) is 0 Å². The molecule has 3 heterocycles. The summed E-state index contributed by atoms with van der Waals surface area (Å²) in [6.07, 6.45) is 2.14. The smallest absolute Gasteiger partial charge is 0.227 e. The van der Waals surface area contributed by atoms with Gasteiger partial charge in [-0.1, -0.05) is 18.2 Å². The van der Waals surface area contributed by atoms with E-state index >= 15 is 0 Å². The Morgan fingerprint density at radius 1 is 1.00 bits per heavy atom. The van der Waals surface area contributed by atoms with Crippen LogP contribution in [0, 0.1) is 20.8 Å². The molecular weight excluding hydrogens is 284 g/mol. The minimum atomic E-state index is 0.722. The fourth-order valence-electron chi connectivity index (χ4n) is 3.46. The van der Waals surface area contributed by atoms with Crippen LogP contribution in [0.2, 0.25) is 0 Å². The molecule has 4 aromatic rings. The second-order valence-corrected chi connectivity index (χ2v) is 6.18. The summed E-state index contributed by atoms with van der Waals surface area (Å²) < 4.78 is 8.10. The molecule has 0 unspecified atom stereocenters. The Labute approximate surface area is 135 Å². The summed E-state index contributed by atoms with van der Waals surface area (Å²) in [6.45, 7) is 6.32. The number of furan rings is 1. The van der Waals surface area contributed by atoms with Gasteiger partial charge in [-0.05, 0) is 38.5 Å². The number of aryl methyl sites for hydroxylation is 4. The number of hydrogen-bond acceptors (Lipinski definition) is 2. The number of benzene rings is 1. The van der Waals surface area contributed by atoms with Gasteiger partial charge in [0.2, 0.25) is 11.4 Å². The van der Waals surface area contributed by atoms with Gasteiger partial charge in [0, 0.05) is 17.0 Å². The molecule has 0 bridgehead atoms. The predicted octanol–water partition coefficient (Wildman–Crippen LogP) is 4.40. The van der Waals surface area contributed by atoms with Crippen LogP contribution >= 0.6 is 0 Å². The van der Waals surface area contributed by atoms with Crippen LogP contribution in [0.4, 0.5) is 0 Å². The van der Waals surface area contributed by atoms with Crippen molar-refractivity contribution >= 4 is 22.1 Å². The van der Waals surface area contributed by atoms with Crippen molar-refractivity contribution in [2.24, 2.45) is 7.05 Å². The van der Waals surface area contributed by atoms with Crippen LogP contribution in [0.5, 0.6) is 0 Å². The number of nitrogens with zero attached hydrogens (tertiary/aromatic N) is 2. The molecule has 0 saturated carbocycles. The zero-order chi connectivity index (χ0) is 16.1. The molecule has 0 N–H and O–H groups in total. The predicted molar refractivity (Wildman–Crippen MR) is 92.3 cm³/mol. The molecule has 3 heteroatoms. The third-order valence-electron chi connectivity index (χ3n) is 4.50. The van der Waals surface area contributed by atoms with Gasteiger partial charge in [0.1, 0.15) is 12.6 Å². The van der Waals surface area contributed by atoms with E-state index in [-0.39, 0.29) is 0 Å². The largest absolute Gasteiger partial charge is 0.438 e. The molecule has 0 spiro atoms. The summed E-state index contributed by atoms with van der Waals surface area (Å²) in [5.74, 6) is 0. The zero-order valence-corrected chi connectivity index (χ0v) is 13.8. The third-order valence-corrected chi connectivity index (χ3v) is 4.50. The van der Waals surface area contributed by atoms with E-state index in [1.165, 1.54) is 22.4 Å². The van der Waals surface area contributed by atoms with E-state index in [1.807, 2.05) is 18.2 Å². The Balaban J connectivity index is 2.13. The van der Waals surface area contributed by atoms with E-state index in [0.29, 0.717) is 0 Å². The molecule has 4 rings (SSSR count). The van der Waals surface area contributed by atoms with Gasteiger partial charge >= 0.3 is 0 Å². The highest BCUT2D eigenvalue weighted by Gasteiger charge is 2.21. The lowest BCUT2D eigenvalue weighted by molar-refractivity contribution is -0.660. The van der Waals surface area contributed by atoms with E-state index in [0.717, 1.165) is 27.8 Å². The van der Waals surface area contributed by atoms with Crippen molar-refractivity contribution in [3.63, 3.8) is 0 Å². The normalized spacial score (nSPS) is 11.5. The first kappa shape index (κ1) is 13.9. The van der Waals surface area contributed by atoms with Gasteiger partial charge in [0.25, 0.3) is 0 Å². The maximum absolute atomic E-state index is 5.94. The van der Waals surface area contributed by atoms with Gasteiger partial charge in [-0.25, -0.2) is 9.55 Å². The molecule has 0 saturated heterocycles. The van der Waals surface area contributed by atoms with Gasteiger partial charge in [-0.2, -0.15) is 0 Å². The molecule has 0 amide bonds. The highest BCUT2D eigenvalue weighted by molar-refractivity contribution is 6.07. The van der Waals surface area contributed by atoms with Crippen LogP contribution in [-0.4, -0.2) is 4.98 Å². The van der Waals surface area contributed by atoms with Gasteiger partial charge < -0.3 is 4.42 Å². The van der Waals surface area contributed by atoms with E-state index in [4.69, 9.17) is 9.40 Å². The van der Waals surface area contributed by atoms with Crippen molar-refractivity contribution in [2.45, 2.75) is 20.8 Å². The highest BCUT2D eigenvalue weighted by Crippen LogP contribution is 2.35. The quantitative estimate of drug-likeness (QED) is 0.488. The Hall–Kier alpha value is -2.68. The monoisotopic (exact) mass is 303 g/mol. The van der Waals surface area contributed by atoms with Crippen molar-refractivity contribution in [3.05, 3.63) is 59.4 Å². The van der Waals surface area contributed by atoms with Gasteiger partial charge in [-0.15, -0.1) is 0 Å². The molecule has 0 aliphatic rings. The fourth-order valence-corrected chi connectivity index (χ4v) is 3.46. The number of hydrogen-bond donors (Lipinski definition) is 0. The lowest BCUT2D eigenvalue weighted by atomic mass is 9.99. The molecule has 3 nitrogen and oxygen atoms in total. The molecule has 0 radical (unpaired) electrons. The second kappa shape index (κ2) is 4.92. The SMILES string of the molecule is Cc1ccc(-c2c(C)nc3oc4ccccc4c3c2C)[n+](C)c1. The lowest BCUT2D eigenvalue weighted by Crippen LogP contribution is -2.31. The first-order valence-corrected chi connectivity index (χ1v) is 7.81. The molecular formula is C20H19N2O+. The van der Waals surface area contributed by atoms with E-state index in [9.17, 15) is 0 Å². The number of aromatic nitrogens is 2. The summed E-state index contributed by atoms with van der Waals surface area (Å²) >= 11 is 0. The molecule has 23 heavy (non-hydrogen) atoms. The van der Waals surface area contributed by atoms with E-state index in [2.05, 4.69) is 56.8 Å². The van der Waals surface area contributed by atoms with Gasteiger partial charge in [0.15, 0.2) is 6.20 Å². The molecule has 114 valence electrons. The first-order valence-electron chi connectivity index (χ1n) is 7.81. The minimum Gasteiger partial charge on any atom is -0.438 e. The number of rotatable bonds is 1. The average Bonchev–Trinajstić information content (AvgIpc) is 2.87. The standard InChI is InChI=1S/C20H19N2O/c1-12-9-10-16(22(4)11-12)18-13(2)19-15-7-5-6-8-17(15)23-20(19)21-14(18)3/h5-11H,1-4H3/q+1.